The van der Waals surface area contributed by atoms with Crippen molar-refractivity contribution < 1.29 is 9.90 Å². The standard InChI is InChI=1S/C13H14ClNO2/c14-6-3-7-15-8-10-4-1-2-5-11(10)12(9-15)13(16)17/h1-6,12H,7-9H2,(H,16,17). The fraction of sp³-hybridized carbons (Fsp3) is 0.308. The van der Waals surface area contributed by atoms with Crippen molar-refractivity contribution in [3.05, 3.63) is 47.0 Å². The van der Waals surface area contributed by atoms with E-state index in [4.69, 9.17) is 11.6 Å². The van der Waals surface area contributed by atoms with Gasteiger partial charge in [-0.05, 0) is 11.1 Å². The van der Waals surface area contributed by atoms with E-state index < -0.39 is 11.9 Å². The SMILES string of the molecule is O=C(O)C1CN(CC=CCl)Cc2ccccc21. The summed E-state index contributed by atoms with van der Waals surface area (Å²) in [5, 5.41) is 9.26. The minimum atomic E-state index is -0.767. The fourth-order valence-corrected chi connectivity index (χ4v) is 2.30. The summed E-state index contributed by atoms with van der Waals surface area (Å²) in [7, 11) is 0. The third-order valence-corrected chi connectivity index (χ3v) is 3.19. The Morgan fingerprint density at radius 3 is 3.00 bits per heavy atom. The van der Waals surface area contributed by atoms with E-state index in [-0.39, 0.29) is 0 Å². The number of hydrogen-bond acceptors (Lipinski definition) is 2. The first-order chi connectivity index (χ1) is 8.22. The maximum atomic E-state index is 11.3. The van der Waals surface area contributed by atoms with Crippen molar-refractivity contribution >= 4 is 17.6 Å². The van der Waals surface area contributed by atoms with Crippen LogP contribution < -0.4 is 0 Å². The van der Waals surface area contributed by atoms with Gasteiger partial charge in [-0.15, -0.1) is 0 Å². The third-order valence-electron chi connectivity index (χ3n) is 3.02. The molecular formula is C13H14ClNO2. The van der Waals surface area contributed by atoms with Crippen molar-refractivity contribution in [3.8, 4) is 0 Å². The van der Waals surface area contributed by atoms with Crippen molar-refractivity contribution in [2.75, 3.05) is 13.1 Å². The van der Waals surface area contributed by atoms with Crippen LogP contribution in [0.3, 0.4) is 0 Å². The zero-order chi connectivity index (χ0) is 12.3. The molecule has 0 amide bonds. The zero-order valence-electron chi connectivity index (χ0n) is 9.34. The smallest absolute Gasteiger partial charge is 0.312 e. The lowest BCUT2D eigenvalue weighted by atomic mass is 9.90. The van der Waals surface area contributed by atoms with E-state index in [1.165, 1.54) is 5.54 Å². The number of benzene rings is 1. The lowest BCUT2D eigenvalue weighted by Gasteiger charge is -2.31. The van der Waals surface area contributed by atoms with Gasteiger partial charge in [0.15, 0.2) is 0 Å². The number of hydrogen-bond donors (Lipinski definition) is 1. The minimum absolute atomic E-state index is 0.441. The van der Waals surface area contributed by atoms with E-state index in [1.54, 1.807) is 0 Å². The van der Waals surface area contributed by atoms with Gasteiger partial charge in [0.25, 0.3) is 0 Å². The van der Waals surface area contributed by atoms with Gasteiger partial charge >= 0.3 is 5.97 Å². The third kappa shape index (κ3) is 2.68. The second-order valence-corrected chi connectivity index (χ2v) is 4.40. The molecule has 0 bridgehead atoms. The van der Waals surface area contributed by atoms with Gasteiger partial charge in [-0.3, -0.25) is 9.69 Å². The highest BCUT2D eigenvalue weighted by Gasteiger charge is 2.29. The average Bonchev–Trinajstić information content (AvgIpc) is 2.35. The molecule has 2 rings (SSSR count). The molecule has 90 valence electrons. The number of halogens is 1. The molecule has 17 heavy (non-hydrogen) atoms. The molecule has 0 aliphatic carbocycles. The van der Waals surface area contributed by atoms with Gasteiger partial charge in [0.05, 0.1) is 5.92 Å². The molecule has 0 aromatic heterocycles. The molecule has 4 heteroatoms. The molecular weight excluding hydrogens is 238 g/mol. The van der Waals surface area contributed by atoms with Gasteiger partial charge < -0.3 is 5.11 Å². The highest BCUT2D eigenvalue weighted by molar-refractivity contribution is 6.25. The molecule has 0 fully saturated rings. The minimum Gasteiger partial charge on any atom is -0.481 e. The Labute approximate surface area is 105 Å². The quantitative estimate of drug-likeness (QED) is 0.897. The molecule has 0 saturated carbocycles. The first-order valence-corrected chi connectivity index (χ1v) is 5.94. The number of carbonyl (C=O) groups is 1. The molecule has 1 aromatic rings. The van der Waals surface area contributed by atoms with Crippen LogP contribution in [0, 0.1) is 0 Å². The summed E-state index contributed by atoms with van der Waals surface area (Å²) < 4.78 is 0. The number of nitrogens with zero attached hydrogens (tertiary/aromatic N) is 1. The van der Waals surface area contributed by atoms with Gasteiger partial charge in [-0.25, -0.2) is 0 Å². The molecule has 0 spiro atoms. The van der Waals surface area contributed by atoms with Gasteiger partial charge in [0.2, 0.25) is 0 Å². The second kappa shape index (κ2) is 5.34. The molecule has 1 atom stereocenters. The monoisotopic (exact) mass is 251 g/mol. The lowest BCUT2D eigenvalue weighted by Crippen LogP contribution is -2.36. The van der Waals surface area contributed by atoms with Gasteiger partial charge in [-0.2, -0.15) is 0 Å². The fourth-order valence-electron chi connectivity index (χ4n) is 2.22. The van der Waals surface area contributed by atoms with Crippen LogP contribution in [0.1, 0.15) is 17.0 Å². The Kier molecular flexibility index (Phi) is 3.82. The van der Waals surface area contributed by atoms with Gasteiger partial charge in [-0.1, -0.05) is 41.9 Å². The number of carboxylic acid groups (broad SMARTS) is 1. The van der Waals surface area contributed by atoms with Crippen LogP contribution in [0.15, 0.2) is 35.9 Å². The predicted molar refractivity (Wildman–Crippen MR) is 67.1 cm³/mol. The molecule has 1 aliphatic rings. The summed E-state index contributed by atoms with van der Waals surface area (Å²) in [5.74, 6) is -1.21. The van der Waals surface area contributed by atoms with Crippen LogP contribution in [0.2, 0.25) is 0 Å². The summed E-state index contributed by atoms with van der Waals surface area (Å²) in [6, 6.07) is 7.73. The van der Waals surface area contributed by atoms with Crippen LogP contribution in [0.4, 0.5) is 0 Å². The number of rotatable bonds is 3. The van der Waals surface area contributed by atoms with Crippen molar-refractivity contribution in [1.29, 1.82) is 0 Å². The van der Waals surface area contributed by atoms with E-state index in [0.29, 0.717) is 13.1 Å². The molecule has 0 radical (unpaired) electrons. The summed E-state index contributed by atoms with van der Waals surface area (Å²) in [6.07, 6.45) is 1.83. The number of carboxylic acids is 1. The summed E-state index contributed by atoms with van der Waals surface area (Å²) in [4.78, 5) is 13.3. The van der Waals surface area contributed by atoms with E-state index in [1.807, 2.05) is 30.3 Å². The lowest BCUT2D eigenvalue weighted by molar-refractivity contribution is -0.139. The Hall–Kier alpha value is -1.32. The van der Waals surface area contributed by atoms with Crippen LogP contribution in [-0.2, 0) is 11.3 Å². The van der Waals surface area contributed by atoms with E-state index in [9.17, 15) is 9.90 Å². The first kappa shape index (κ1) is 12.1. The van der Waals surface area contributed by atoms with Crippen LogP contribution >= 0.6 is 11.6 Å². The summed E-state index contributed by atoms with van der Waals surface area (Å²) >= 11 is 5.50. The molecule has 1 aliphatic heterocycles. The normalized spacial score (nSPS) is 20.4. The molecule has 3 nitrogen and oxygen atoms in total. The van der Waals surface area contributed by atoms with E-state index in [2.05, 4.69) is 4.90 Å². The maximum Gasteiger partial charge on any atom is 0.312 e. The largest absolute Gasteiger partial charge is 0.481 e. The Bertz CT molecular complexity index is 445. The molecule has 1 N–H and O–H groups in total. The van der Waals surface area contributed by atoms with E-state index >= 15 is 0 Å². The Balaban J connectivity index is 2.26. The van der Waals surface area contributed by atoms with Crippen molar-refractivity contribution in [3.63, 3.8) is 0 Å². The van der Waals surface area contributed by atoms with Crippen LogP contribution in [0.25, 0.3) is 0 Å². The van der Waals surface area contributed by atoms with Crippen molar-refractivity contribution in [1.82, 2.24) is 4.90 Å². The van der Waals surface area contributed by atoms with Crippen LogP contribution in [-0.4, -0.2) is 29.1 Å². The topological polar surface area (TPSA) is 40.5 Å². The van der Waals surface area contributed by atoms with E-state index in [0.717, 1.165) is 17.7 Å². The highest BCUT2D eigenvalue weighted by atomic mass is 35.5. The zero-order valence-corrected chi connectivity index (χ0v) is 10.1. The Morgan fingerprint density at radius 2 is 2.29 bits per heavy atom. The molecule has 1 heterocycles. The Morgan fingerprint density at radius 1 is 1.53 bits per heavy atom. The molecule has 1 aromatic carbocycles. The maximum absolute atomic E-state index is 11.3. The highest BCUT2D eigenvalue weighted by Crippen LogP contribution is 2.28. The van der Waals surface area contributed by atoms with Gasteiger partial charge in [0, 0.05) is 25.2 Å². The summed E-state index contributed by atoms with van der Waals surface area (Å²) in [5.41, 5.74) is 3.50. The first-order valence-electron chi connectivity index (χ1n) is 5.50. The average molecular weight is 252 g/mol. The van der Waals surface area contributed by atoms with Crippen LogP contribution in [0.5, 0.6) is 0 Å². The van der Waals surface area contributed by atoms with Crippen molar-refractivity contribution in [2.45, 2.75) is 12.5 Å². The molecule has 0 saturated heterocycles. The summed E-state index contributed by atoms with van der Waals surface area (Å²) in [6.45, 7) is 2.00. The van der Waals surface area contributed by atoms with Gasteiger partial charge in [0.1, 0.15) is 0 Å². The number of aliphatic carboxylic acids is 1. The van der Waals surface area contributed by atoms with Crippen molar-refractivity contribution in [2.24, 2.45) is 0 Å². The number of fused-ring (bicyclic) bond motifs is 1. The predicted octanol–water partition coefficient (Wildman–Crippen LogP) is 2.42. The second-order valence-electron chi connectivity index (χ2n) is 4.15. The molecule has 1 unspecified atom stereocenters.